The monoisotopic (exact) mass is 295 g/mol. The number of piperazine rings is 1. The summed E-state index contributed by atoms with van der Waals surface area (Å²) < 4.78 is 0. The van der Waals surface area contributed by atoms with E-state index in [0.29, 0.717) is 12.3 Å². The van der Waals surface area contributed by atoms with Crippen LogP contribution in [-0.2, 0) is 9.59 Å². The molecule has 1 N–H and O–H groups in total. The molecule has 5 heteroatoms. The summed E-state index contributed by atoms with van der Waals surface area (Å²) >= 11 is 0. The van der Waals surface area contributed by atoms with Crippen LogP contribution in [0.1, 0.15) is 40.0 Å². The van der Waals surface area contributed by atoms with Crippen molar-refractivity contribution in [1.29, 1.82) is 0 Å². The van der Waals surface area contributed by atoms with E-state index in [1.165, 1.54) is 0 Å². The molecule has 2 aliphatic rings. The lowest BCUT2D eigenvalue weighted by molar-refractivity contribution is -0.151. The molecule has 2 aliphatic heterocycles. The van der Waals surface area contributed by atoms with Gasteiger partial charge >= 0.3 is 0 Å². The molecule has 0 saturated carbocycles. The summed E-state index contributed by atoms with van der Waals surface area (Å²) in [7, 11) is 2.12. The van der Waals surface area contributed by atoms with Crippen LogP contribution in [0, 0.1) is 11.8 Å². The van der Waals surface area contributed by atoms with E-state index in [9.17, 15) is 9.59 Å². The Morgan fingerprint density at radius 2 is 2.05 bits per heavy atom. The highest BCUT2D eigenvalue weighted by Crippen LogP contribution is 2.23. The molecule has 21 heavy (non-hydrogen) atoms. The van der Waals surface area contributed by atoms with Crippen molar-refractivity contribution >= 4 is 11.8 Å². The number of amides is 2. The van der Waals surface area contributed by atoms with Crippen LogP contribution in [0.25, 0.3) is 0 Å². The molecule has 2 fully saturated rings. The van der Waals surface area contributed by atoms with E-state index in [-0.39, 0.29) is 29.8 Å². The first-order valence-corrected chi connectivity index (χ1v) is 8.27. The fourth-order valence-corrected chi connectivity index (χ4v) is 3.48. The molecule has 0 aliphatic carbocycles. The van der Waals surface area contributed by atoms with Crippen LogP contribution in [0.4, 0.5) is 0 Å². The Morgan fingerprint density at radius 1 is 1.33 bits per heavy atom. The number of carbonyl (C=O) groups excluding carboxylic acids is 2. The highest BCUT2D eigenvalue weighted by molar-refractivity contribution is 5.97. The van der Waals surface area contributed by atoms with E-state index in [2.05, 4.69) is 24.2 Å². The number of nitrogens with zero attached hydrogens (tertiary/aromatic N) is 2. The molecule has 0 spiro atoms. The van der Waals surface area contributed by atoms with Gasteiger partial charge in [-0.15, -0.1) is 0 Å². The second kappa shape index (κ2) is 6.77. The van der Waals surface area contributed by atoms with Crippen molar-refractivity contribution in [3.63, 3.8) is 0 Å². The molecule has 0 bridgehead atoms. The molecule has 2 saturated heterocycles. The Labute approximate surface area is 128 Å². The Morgan fingerprint density at radius 3 is 2.57 bits per heavy atom. The Hall–Kier alpha value is -1.10. The summed E-state index contributed by atoms with van der Waals surface area (Å²) in [6, 6.07) is -0.631. The van der Waals surface area contributed by atoms with Gasteiger partial charge in [-0.3, -0.25) is 9.59 Å². The van der Waals surface area contributed by atoms with Crippen molar-refractivity contribution in [2.24, 2.45) is 11.8 Å². The average molecular weight is 295 g/mol. The zero-order chi connectivity index (χ0) is 15.6. The largest absolute Gasteiger partial charge is 0.342 e. The minimum atomic E-state index is -0.343. The summed E-state index contributed by atoms with van der Waals surface area (Å²) in [6.45, 7) is 8.92. The molecule has 2 rings (SSSR count). The van der Waals surface area contributed by atoms with Gasteiger partial charge in [0, 0.05) is 13.1 Å². The van der Waals surface area contributed by atoms with Gasteiger partial charge < -0.3 is 15.1 Å². The average Bonchev–Trinajstić information content (AvgIpc) is 2.87. The number of likely N-dealkylation sites (tertiary alicyclic amines) is 1. The summed E-state index contributed by atoms with van der Waals surface area (Å²) in [5.74, 6) is 0.823. The Kier molecular flexibility index (Phi) is 5.25. The predicted molar refractivity (Wildman–Crippen MR) is 82.8 cm³/mol. The second-order valence-corrected chi connectivity index (χ2v) is 6.70. The molecule has 2 amide bonds. The summed E-state index contributed by atoms with van der Waals surface area (Å²) in [5.41, 5.74) is 0. The molecule has 4 unspecified atom stereocenters. The highest BCUT2D eigenvalue weighted by Gasteiger charge is 2.42. The Balaban J connectivity index is 2.12. The van der Waals surface area contributed by atoms with Gasteiger partial charge in [0.2, 0.25) is 11.8 Å². The zero-order valence-corrected chi connectivity index (χ0v) is 13.8. The number of nitrogens with one attached hydrogen (secondary N) is 1. The summed E-state index contributed by atoms with van der Waals surface area (Å²) in [5, 5.41) is 2.94. The van der Waals surface area contributed by atoms with Crippen LogP contribution in [-0.4, -0.2) is 60.4 Å². The number of hydrogen-bond donors (Lipinski definition) is 1. The third kappa shape index (κ3) is 3.39. The van der Waals surface area contributed by atoms with Crippen molar-refractivity contribution in [3.8, 4) is 0 Å². The van der Waals surface area contributed by atoms with E-state index in [1.54, 1.807) is 0 Å². The van der Waals surface area contributed by atoms with E-state index in [0.717, 1.165) is 32.5 Å². The first-order chi connectivity index (χ1) is 9.97. The van der Waals surface area contributed by atoms with Crippen LogP contribution in [0.5, 0.6) is 0 Å². The van der Waals surface area contributed by atoms with E-state index in [4.69, 9.17) is 0 Å². The molecule has 5 nitrogen and oxygen atoms in total. The van der Waals surface area contributed by atoms with Crippen molar-refractivity contribution in [2.45, 2.75) is 52.1 Å². The van der Waals surface area contributed by atoms with E-state index < -0.39 is 0 Å². The van der Waals surface area contributed by atoms with Crippen LogP contribution < -0.4 is 5.32 Å². The van der Waals surface area contributed by atoms with Crippen LogP contribution in [0.2, 0.25) is 0 Å². The predicted octanol–water partition coefficient (Wildman–Crippen LogP) is 1.09. The molecule has 4 atom stereocenters. The minimum absolute atomic E-state index is 0.0220. The van der Waals surface area contributed by atoms with E-state index >= 15 is 0 Å². The maximum absolute atomic E-state index is 12.8. The molecule has 0 radical (unpaired) electrons. The Bertz CT molecular complexity index is 399. The maximum atomic E-state index is 12.8. The topological polar surface area (TPSA) is 52.7 Å². The molecule has 2 heterocycles. The lowest BCUT2D eigenvalue weighted by atomic mass is 9.92. The van der Waals surface area contributed by atoms with Gasteiger partial charge in [-0.05, 0) is 38.3 Å². The van der Waals surface area contributed by atoms with Crippen molar-refractivity contribution < 1.29 is 9.59 Å². The third-order valence-electron chi connectivity index (χ3n) is 5.07. The van der Waals surface area contributed by atoms with Crippen molar-refractivity contribution in [1.82, 2.24) is 15.1 Å². The first-order valence-electron chi connectivity index (χ1n) is 8.27. The van der Waals surface area contributed by atoms with Crippen molar-refractivity contribution in [2.75, 3.05) is 26.7 Å². The van der Waals surface area contributed by atoms with Gasteiger partial charge in [0.25, 0.3) is 0 Å². The zero-order valence-electron chi connectivity index (χ0n) is 13.8. The molecular formula is C16H29N3O2. The lowest BCUT2D eigenvalue weighted by Gasteiger charge is -2.41. The fourth-order valence-electron chi connectivity index (χ4n) is 3.48. The van der Waals surface area contributed by atoms with Crippen LogP contribution in [0.15, 0.2) is 0 Å². The van der Waals surface area contributed by atoms with Crippen LogP contribution >= 0.6 is 0 Å². The molecule has 0 aromatic carbocycles. The summed E-state index contributed by atoms with van der Waals surface area (Å²) in [4.78, 5) is 29.3. The molecule has 120 valence electrons. The second-order valence-electron chi connectivity index (χ2n) is 6.70. The third-order valence-corrected chi connectivity index (χ3v) is 5.07. The SMILES string of the molecule is CCC(C)C1NC(=O)C(CC)N(CC2CCN(C)C2)C1=O. The lowest BCUT2D eigenvalue weighted by Crippen LogP contribution is -2.65. The molecular weight excluding hydrogens is 266 g/mol. The summed E-state index contributed by atoms with van der Waals surface area (Å²) in [6.07, 6.45) is 2.70. The highest BCUT2D eigenvalue weighted by atomic mass is 16.2. The van der Waals surface area contributed by atoms with E-state index in [1.807, 2.05) is 18.7 Å². The van der Waals surface area contributed by atoms with Gasteiger partial charge in [-0.25, -0.2) is 0 Å². The van der Waals surface area contributed by atoms with Gasteiger partial charge in [0.05, 0.1) is 0 Å². The standard InChI is InChI=1S/C16H29N3O2/c1-5-11(3)14-16(21)19(13(6-2)15(20)17-14)10-12-7-8-18(4)9-12/h11-14H,5-10H2,1-4H3,(H,17,20). The van der Waals surface area contributed by atoms with Gasteiger partial charge in [0.1, 0.15) is 12.1 Å². The first kappa shape index (κ1) is 16.3. The molecule has 0 aromatic rings. The van der Waals surface area contributed by atoms with Gasteiger partial charge in [-0.2, -0.15) is 0 Å². The normalized spacial score (nSPS) is 32.4. The minimum Gasteiger partial charge on any atom is -0.342 e. The van der Waals surface area contributed by atoms with Crippen LogP contribution in [0.3, 0.4) is 0 Å². The van der Waals surface area contributed by atoms with Gasteiger partial charge in [0.15, 0.2) is 0 Å². The quantitative estimate of drug-likeness (QED) is 0.826. The van der Waals surface area contributed by atoms with Crippen molar-refractivity contribution in [3.05, 3.63) is 0 Å². The fraction of sp³-hybridized carbons (Fsp3) is 0.875. The number of carbonyl (C=O) groups is 2. The van der Waals surface area contributed by atoms with Gasteiger partial charge in [-0.1, -0.05) is 27.2 Å². The maximum Gasteiger partial charge on any atom is 0.246 e. The molecule has 0 aromatic heterocycles. The smallest absolute Gasteiger partial charge is 0.246 e. The number of rotatable bonds is 5. The number of hydrogen-bond acceptors (Lipinski definition) is 3.